The van der Waals surface area contributed by atoms with Gasteiger partial charge in [0.05, 0.1) is 4.92 Å². The number of nitrogens with one attached hydrogen (secondary N) is 1. The summed E-state index contributed by atoms with van der Waals surface area (Å²) in [7, 11) is 0. The molecule has 0 aliphatic heterocycles. The first-order valence-corrected chi connectivity index (χ1v) is 5.88. The maximum absolute atomic E-state index is 10.7. The Balaban J connectivity index is 2.03. The molecule has 1 N–H and O–H groups in total. The van der Waals surface area contributed by atoms with Crippen molar-refractivity contribution in [2.24, 2.45) is 11.3 Å². The van der Waals surface area contributed by atoms with E-state index in [4.69, 9.17) is 0 Å². The number of rotatable bonds is 4. The standard InChI is InChI=1S/C13H18N2O2/c1-9-4-11(6-12(5-9)15(16)17)14-8-10-7-13(10,2)3/h4-6,10,14H,7-8H2,1-3H3. The zero-order valence-corrected chi connectivity index (χ0v) is 10.5. The van der Waals surface area contributed by atoms with Crippen LogP contribution in [0, 0.1) is 28.4 Å². The molecule has 4 heteroatoms. The highest BCUT2D eigenvalue weighted by atomic mass is 16.6. The lowest BCUT2D eigenvalue weighted by atomic mass is 10.1. The van der Waals surface area contributed by atoms with Crippen molar-refractivity contribution < 1.29 is 4.92 Å². The molecule has 1 saturated carbocycles. The summed E-state index contributed by atoms with van der Waals surface area (Å²) >= 11 is 0. The molecule has 1 unspecified atom stereocenters. The van der Waals surface area contributed by atoms with Gasteiger partial charge in [-0.1, -0.05) is 13.8 Å². The molecular formula is C13H18N2O2. The van der Waals surface area contributed by atoms with Gasteiger partial charge in [-0.3, -0.25) is 10.1 Å². The SMILES string of the molecule is Cc1cc(NCC2CC2(C)C)cc([N+](=O)[O-])c1. The van der Waals surface area contributed by atoms with Crippen molar-refractivity contribution in [1.29, 1.82) is 0 Å². The molecule has 92 valence electrons. The third-order valence-electron chi connectivity index (χ3n) is 3.54. The molecule has 0 saturated heterocycles. The van der Waals surface area contributed by atoms with Gasteiger partial charge in [-0.15, -0.1) is 0 Å². The van der Waals surface area contributed by atoms with E-state index in [9.17, 15) is 10.1 Å². The Hall–Kier alpha value is -1.58. The number of non-ortho nitro benzene ring substituents is 1. The van der Waals surface area contributed by atoms with Crippen molar-refractivity contribution in [2.75, 3.05) is 11.9 Å². The Morgan fingerprint density at radius 3 is 2.65 bits per heavy atom. The van der Waals surface area contributed by atoms with Crippen molar-refractivity contribution in [3.8, 4) is 0 Å². The molecule has 1 aromatic carbocycles. The molecule has 1 atom stereocenters. The van der Waals surface area contributed by atoms with Crippen LogP contribution in [0.5, 0.6) is 0 Å². The van der Waals surface area contributed by atoms with Crippen molar-refractivity contribution in [3.63, 3.8) is 0 Å². The number of nitrogens with zero attached hydrogens (tertiary/aromatic N) is 1. The highest BCUT2D eigenvalue weighted by Crippen LogP contribution is 2.51. The van der Waals surface area contributed by atoms with Crippen molar-refractivity contribution >= 4 is 11.4 Å². The van der Waals surface area contributed by atoms with Crippen LogP contribution in [0.25, 0.3) is 0 Å². The lowest BCUT2D eigenvalue weighted by Crippen LogP contribution is -2.07. The molecule has 1 aromatic rings. The second-order valence-electron chi connectivity index (χ2n) is 5.58. The van der Waals surface area contributed by atoms with Gasteiger partial charge in [-0.05, 0) is 36.3 Å². The molecule has 1 aliphatic carbocycles. The highest BCUT2D eigenvalue weighted by Gasteiger charge is 2.44. The number of hydrogen-bond acceptors (Lipinski definition) is 3. The minimum absolute atomic E-state index is 0.155. The van der Waals surface area contributed by atoms with Crippen LogP contribution in [0.3, 0.4) is 0 Å². The van der Waals surface area contributed by atoms with Crippen molar-refractivity contribution in [3.05, 3.63) is 33.9 Å². The number of anilines is 1. The average molecular weight is 234 g/mol. The molecule has 0 aromatic heterocycles. The smallest absolute Gasteiger partial charge is 0.271 e. The minimum atomic E-state index is -0.348. The van der Waals surface area contributed by atoms with Crippen LogP contribution in [0.1, 0.15) is 25.8 Å². The summed E-state index contributed by atoms with van der Waals surface area (Å²) < 4.78 is 0. The molecule has 1 aliphatic rings. The largest absolute Gasteiger partial charge is 0.385 e. The summed E-state index contributed by atoms with van der Waals surface area (Å²) in [5.74, 6) is 0.682. The number of benzene rings is 1. The predicted molar refractivity (Wildman–Crippen MR) is 68.2 cm³/mol. The molecule has 0 radical (unpaired) electrons. The van der Waals surface area contributed by atoms with E-state index in [0.717, 1.165) is 17.8 Å². The Bertz CT molecular complexity index is 455. The topological polar surface area (TPSA) is 55.2 Å². The van der Waals surface area contributed by atoms with E-state index in [1.54, 1.807) is 12.1 Å². The van der Waals surface area contributed by atoms with E-state index in [0.29, 0.717) is 11.3 Å². The maximum Gasteiger partial charge on any atom is 0.271 e. The van der Waals surface area contributed by atoms with Gasteiger partial charge in [0, 0.05) is 24.4 Å². The van der Waals surface area contributed by atoms with Crippen LogP contribution < -0.4 is 5.32 Å². The van der Waals surface area contributed by atoms with Gasteiger partial charge in [-0.25, -0.2) is 0 Å². The van der Waals surface area contributed by atoms with E-state index in [1.807, 2.05) is 13.0 Å². The molecule has 17 heavy (non-hydrogen) atoms. The summed E-state index contributed by atoms with van der Waals surface area (Å²) in [4.78, 5) is 10.4. The van der Waals surface area contributed by atoms with Crippen LogP contribution >= 0.6 is 0 Å². The van der Waals surface area contributed by atoms with Gasteiger partial charge in [0.15, 0.2) is 0 Å². The lowest BCUT2D eigenvalue weighted by molar-refractivity contribution is -0.384. The lowest BCUT2D eigenvalue weighted by Gasteiger charge is -2.08. The minimum Gasteiger partial charge on any atom is -0.385 e. The molecule has 0 amide bonds. The average Bonchev–Trinajstić information content (AvgIpc) is 2.83. The second kappa shape index (κ2) is 4.02. The number of nitro benzene ring substituents is 1. The Labute approximate surface area is 101 Å². The van der Waals surface area contributed by atoms with Gasteiger partial charge in [-0.2, -0.15) is 0 Å². The van der Waals surface area contributed by atoms with Gasteiger partial charge in [0.2, 0.25) is 0 Å². The van der Waals surface area contributed by atoms with Crippen LogP contribution in [-0.4, -0.2) is 11.5 Å². The Kier molecular flexibility index (Phi) is 2.81. The second-order valence-corrected chi connectivity index (χ2v) is 5.58. The van der Waals surface area contributed by atoms with Crippen molar-refractivity contribution in [1.82, 2.24) is 0 Å². The van der Waals surface area contributed by atoms with Crippen LogP contribution in [0.15, 0.2) is 18.2 Å². The first kappa shape index (κ1) is 11.9. The third kappa shape index (κ3) is 2.75. The summed E-state index contributed by atoms with van der Waals surface area (Å²) in [6, 6.07) is 5.14. The fourth-order valence-corrected chi connectivity index (χ4v) is 2.14. The van der Waals surface area contributed by atoms with Crippen molar-refractivity contribution in [2.45, 2.75) is 27.2 Å². The summed E-state index contributed by atoms with van der Waals surface area (Å²) in [5, 5.41) is 14.0. The third-order valence-corrected chi connectivity index (χ3v) is 3.54. The van der Waals surface area contributed by atoms with Crippen LogP contribution in [0.2, 0.25) is 0 Å². The van der Waals surface area contributed by atoms with E-state index < -0.39 is 0 Å². The molecular weight excluding hydrogens is 216 g/mol. The molecule has 0 spiro atoms. The van der Waals surface area contributed by atoms with Gasteiger partial charge in [0.1, 0.15) is 0 Å². The fourth-order valence-electron chi connectivity index (χ4n) is 2.14. The summed E-state index contributed by atoms with van der Waals surface area (Å²) in [5.41, 5.74) is 2.35. The zero-order valence-electron chi connectivity index (χ0n) is 10.5. The van der Waals surface area contributed by atoms with E-state index in [1.165, 1.54) is 6.42 Å². The maximum atomic E-state index is 10.7. The molecule has 4 nitrogen and oxygen atoms in total. The molecule has 1 fully saturated rings. The van der Waals surface area contributed by atoms with Gasteiger partial charge >= 0.3 is 0 Å². The Morgan fingerprint density at radius 2 is 2.12 bits per heavy atom. The first-order chi connectivity index (χ1) is 7.88. The number of aryl methyl sites for hydroxylation is 1. The van der Waals surface area contributed by atoms with E-state index >= 15 is 0 Å². The molecule has 0 heterocycles. The molecule has 2 rings (SSSR count). The monoisotopic (exact) mass is 234 g/mol. The van der Waals surface area contributed by atoms with Crippen LogP contribution in [0.4, 0.5) is 11.4 Å². The fraction of sp³-hybridized carbons (Fsp3) is 0.538. The van der Waals surface area contributed by atoms with Gasteiger partial charge < -0.3 is 5.32 Å². The van der Waals surface area contributed by atoms with E-state index in [2.05, 4.69) is 19.2 Å². The highest BCUT2D eigenvalue weighted by molar-refractivity contribution is 5.53. The number of nitro groups is 1. The first-order valence-electron chi connectivity index (χ1n) is 5.88. The number of hydrogen-bond donors (Lipinski definition) is 1. The predicted octanol–water partition coefficient (Wildman–Crippen LogP) is 3.36. The van der Waals surface area contributed by atoms with Crippen LogP contribution in [-0.2, 0) is 0 Å². The normalized spacial score (nSPS) is 21.0. The summed E-state index contributed by atoms with van der Waals surface area (Å²) in [6.07, 6.45) is 1.23. The molecule has 0 bridgehead atoms. The summed E-state index contributed by atoms with van der Waals surface area (Å²) in [6.45, 7) is 7.27. The Morgan fingerprint density at radius 1 is 1.47 bits per heavy atom. The quantitative estimate of drug-likeness (QED) is 0.642. The van der Waals surface area contributed by atoms with Gasteiger partial charge in [0.25, 0.3) is 5.69 Å². The zero-order chi connectivity index (χ0) is 12.6. The van der Waals surface area contributed by atoms with E-state index in [-0.39, 0.29) is 10.6 Å².